The molecule has 0 spiro atoms. The van der Waals surface area contributed by atoms with E-state index in [0.717, 1.165) is 16.9 Å². The van der Waals surface area contributed by atoms with Crippen LogP contribution < -0.4 is 21.9 Å². The number of benzene rings is 1. The number of pyridine rings is 1. The smallest absolute Gasteiger partial charge is 0.330 e. The fourth-order valence-electron chi connectivity index (χ4n) is 4.10. The second-order valence-electron chi connectivity index (χ2n) is 8.25. The fraction of sp³-hybridized carbons (Fsp3) is 0.231. The molecule has 36 heavy (non-hydrogen) atoms. The van der Waals surface area contributed by atoms with E-state index in [2.05, 4.69) is 20.6 Å². The number of carbonyl (C=O) groups is 1. The maximum absolute atomic E-state index is 13.5. The first kappa shape index (κ1) is 24.7. The predicted octanol–water partition coefficient (Wildman–Crippen LogP) is 2.85. The lowest BCUT2D eigenvalue weighted by atomic mass is 10.2. The Labute approximate surface area is 207 Å². The Bertz CT molecular complexity index is 1470. The van der Waals surface area contributed by atoms with Gasteiger partial charge in [0.25, 0.3) is 11.5 Å². The molecule has 0 saturated carbocycles. The maximum atomic E-state index is 13.5. The van der Waals surface area contributed by atoms with Crippen LogP contribution in [-0.2, 0) is 17.8 Å². The minimum Gasteiger partial charge on any atom is -0.383 e. The molecule has 1 amide bonds. The first-order chi connectivity index (χ1) is 17.4. The number of methoxy groups -OCH3 is 1. The van der Waals surface area contributed by atoms with Crippen LogP contribution in [-0.4, -0.2) is 38.7 Å². The highest BCUT2D eigenvalue weighted by molar-refractivity contribution is 6.06. The van der Waals surface area contributed by atoms with Gasteiger partial charge in [0.05, 0.1) is 30.6 Å². The van der Waals surface area contributed by atoms with Crippen molar-refractivity contribution in [3.05, 3.63) is 104 Å². The molecule has 3 aromatic heterocycles. The van der Waals surface area contributed by atoms with Crippen molar-refractivity contribution in [3.63, 3.8) is 0 Å². The average Bonchev–Trinajstić information content (AvgIpc) is 3.18. The van der Waals surface area contributed by atoms with Gasteiger partial charge in [0.15, 0.2) is 0 Å². The number of aromatic amines is 1. The van der Waals surface area contributed by atoms with Crippen LogP contribution in [0.4, 0.5) is 11.5 Å². The number of anilines is 2. The van der Waals surface area contributed by atoms with E-state index in [1.165, 1.54) is 11.7 Å². The highest BCUT2D eigenvalue weighted by Crippen LogP contribution is 2.23. The van der Waals surface area contributed by atoms with Gasteiger partial charge in [-0.05, 0) is 37.6 Å². The van der Waals surface area contributed by atoms with Crippen LogP contribution in [0.2, 0.25) is 0 Å². The zero-order valence-electron chi connectivity index (χ0n) is 20.4. The lowest BCUT2D eigenvalue weighted by Gasteiger charge is -2.18. The van der Waals surface area contributed by atoms with Gasteiger partial charge < -0.3 is 19.9 Å². The Balaban J connectivity index is 1.73. The molecule has 10 nitrogen and oxygen atoms in total. The minimum absolute atomic E-state index is 0.0768. The standard InChI is InChI=1S/C26H28N6O4/c1-17-14-21(18(2)32(17)20-10-7-11-27-16-20)24(33)29-23-22(28-15-19-8-5-4-6-9-19)25(34)30-26(35)31(23)12-13-36-3/h4-11,14,16,28H,12-13,15H2,1-3H3,(H,29,33)(H,30,34,35). The third-order valence-corrected chi connectivity index (χ3v) is 5.84. The molecule has 1 aromatic carbocycles. The normalized spacial score (nSPS) is 10.9. The van der Waals surface area contributed by atoms with Gasteiger partial charge in [-0.1, -0.05) is 30.3 Å². The molecular formula is C26H28N6O4. The molecule has 4 aromatic rings. The largest absolute Gasteiger partial charge is 0.383 e. The Morgan fingerprint density at radius 2 is 1.89 bits per heavy atom. The van der Waals surface area contributed by atoms with Crippen LogP contribution in [0.15, 0.2) is 70.5 Å². The quantitative estimate of drug-likeness (QED) is 0.333. The number of hydrogen-bond donors (Lipinski definition) is 3. The van der Waals surface area contributed by atoms with Gasteiger partial charge in [0, 0.05) is 31.2 Å². The van der Waals surface area contributed by atoms with Crippen molar-refractivity contribution in [1.29, 1.82) is 0 Å². The van der Waals surface area contributed by atoms with Gasteiger partial charge in [0.1, 0.15) is 11.5 Å². The third kappa shape index (κ3) is 5.13. The zero-order chi connectivity index (χ0) is 25.7. The summed E-state index contributed by atoms with van der Waals surface area (Å²) in [5, 5.41) is 5.90. The number of nitrogens with zero attached hydrogens (tertiary/aromatic N) is 3. The van der Waals surface area contributed by atoms with Crippen molar-refractivity contribution in [2.45, 2.75) is 26.9 Å². The summed E-state index contributed by atoms with van der Waals surface area (Å²) in [7, 11) is 1.51. The number of aromatic nitrogens is 4. The average molecular weight is 489 g/mol. The van der Waals surface area contributed by atoms with Crippen LogP contribution >= 0.6 is 0 Å². The third-order valence-electron chi connectivity index (χ3n) is 5.84. The van der Waals surface area contributed by atoms with Crippen molar-refractivity contribution in [2.24, 2.45) is 0 Å². The Morgan fingerprint density at radius 1 is 1.11 bits per heavy atom. The number of H-pyrrole nitrogens is 1. The summed E-state index contributed by atoms with van der Waals surface area (Å²) in [6, 6.07) is 15.0. The predicted molar refractivity (Wildman–Crippen MR) is 138 cm³/mol. The number of aryl methyl sites for hydroxylation is 1. The van der Waals surface area contributed by atoms with Gasteiger partial charge in [-0.25, -0.2) is 4.79 Å². The minimum atomic E-state index is -0.640. The summed E-state index contributed by atoms with van der Waals surface area (Å²) >= 11 is 0. The molecule has 0 aliphatic rings. The number of rotatable bonds is 9. The molecule has 0 unspecified atom stereocenters. The highest BCUT2D eigenvalue weighted by Gasteiger charge is 2.22. The first-order valence-corrected chi connectivity index (χ1v) is 11.4. The van der Waals surface area contributed by atoms with E-state index in [0.29, 0.717) is 17.8 Å². The Hall–Kier alpha value is -4.44. The molecule has 4 rings (SSSR count). The molecular weight excluding hydrogens is 460 g/mol. The van der Waals surface area contributed by atoms with Crippen LogP contribution in [0.1, 0.15) is 27.3 Å². The molecule has 0 radical (unpaired) electrons. The van der Waals surface area contributed by atoms with Gasteiger partial charge in [-0.3, -0.25) is 24.1 Å². The van der Waals surface area contributed by atoms with Crippen molar-refractivity contribution in [1.82, 2.24) is 19.1 Å². The second-order valence-corrected chi connectivity index (χ2v) is 8.25. The van der Waals surface area contributed by atoms with Crippen molar-refractivity contribution < 1.29 is 9.53 Å². The Kier molecular flexibility index (Phi) is 7.45. The SMILES string of the molecule is COCCn1c(NC(=O)c2cc(C)n(-c3cccnc3)c2C)c(NCc2ccccc2)c(=O)[nH]c1=O. The van der Waals surface area contributed by atoms with Gasteiger partial charge in [-0.2, -0.15) is 0 Å². The van der Waals surface area contributed by atoms with Gasteiger partial charge >= 0.3 is 5.69 Å². The molecule has 0 aliphatic heterocycles. The van der Waals surface area contributed by atoms with E-state index in [-0.39, 0.29) is 24.7 Å². The Morgan fingerprint density at radius 3 is 2.58 bits per heavy atom. The summed E-state index contributed by atoms with van der Waals surface area (Å²) in [6.45, 7) is 4.40. The maximum Gasteiger partial charge on any atom is 0.330 e. The van der Waals surface area contributed by atoms with Crippen molar-refractivity contribution in [2.75, 3.05) is 24.4 Å². The number of nitrogens with one attached hydrogen (secondary N) is 3. The summed E-state index contributed by atoms with van der Waals surface area (Å²) < 4.78 is 8.35. The van der Waals surface area contributed by atoms with E-state index in [9.17, 15) is 14.4 Å². The molecule has 3 N–H and O–H groups in total. The monoisotopic (exact) mass is 488 g/mol. The van der Waals surface area contributed by atoms with E-state index in [1.54, 1.807) is 18.5 Å². The molecule has 0 saturated heterocycles. The second kappa shape index (κ2) is 10.9. The van der Waals surface area contributed by atoms with Crippen LogP contribution in [0.5, 0.6) is 0 Å². The molecule has 0 bridgehead atoms. The molecule has 10 heteroatoms. The summed E-state index contributed by atoms with van der Waals surface area (Å²) in [6.07, 6.45) is 3.40. The van der Waals surface area contributed by atoms with E-state index < -0.39 is 17.2 Å². The van der Waals surface area contributed by atoms with E-state index in [1.807, 2.05) is 60.9 Å². The van der Waals surface area contributed by atoms with Crippen molar-refractivity contribution in [3.8, 4) is 5.69 Å². The van der Waals surface area contributed by atoms with E-state index in [4.69, 9.17) is 4.74 Å². The van der Waals surface area contributed by atoms with Gasteiger partial charge in [0.2, 0.25) is 0 Å². The highest BCUT2D eigenvalue weighted by atomic mass is 16.5. The van der Waals surface area contributed by atoms with Crippen LogP contribution in [0.25, 0.3) is 5.69 Å². The molecule has 0 atom stereocenters. The first-order valence-electron chi connectivity index (χ1n) is 11.4. The fourth-order valence-corrected chi connectivity index (χ4v) is 4.10. The number of carbonyl (C=O) groups excluding carboxylic acids is 1. The van der Waals surface area contributed by atoms with E-state index >= 15 is 0 Å². The summed E-state index contributed by atoms with van der Waals surface area (Å²) in [5.74, 6) is -0.370. The number of amides is 1. The summed E-state index contributed by atoms with van der Waals surface area (Å²) in [4.78, 5) is 45.5. The van der Waals surface area contributed by atoms with Gasteiger partial charge in [-0.15, -0.1) is 0 Å². The molecule has 186 valence electrons. The molecule has 3 heterocycles. The number of hydrogen-bond acceptors (Lipinski definition) is 6. The lowest BCUT2D eigenvalue weighted by Crippen LogP contribution is -2.36. The molecule has 0 aliphatic carbocycles. The topological polar surface area (TPSA) is 123 Å². The zero-order valence-corrected chi connectivity index (χ0v) is 20.4. The van der Waals surface area contributed by atoms with Crippen LogP contribution in [0.3, 0.4) is 0 Å². The summed E-state index contributed by atoms with van der Waals surface area (Å²) in [5.41, 5.74) is 2.54. The lowest BCUT2D eigenvalue weighted by molar-refractivity contribution is 0.102. The number of ether oxygens (including phenoxy) is 1. The van der Waals surface area contributed by atoms with Crippen LogP contribution in [0, 0.1) is 13.8 Å². The molecule has 0 fully saturated rings. The van der Waals surface area contributed by atoms with Crippen molar-refractivity contribution >= 4 is 17.4 Å².